The highest BCUT2D eigenvalue weighted by atomic mass is 35.5. The average Bonchev–Trinajstić information content (AvgIpc) is 3.59. The molecule has 2 heterocycles. The average molecular weight is 580 g/mol. The SMILES string of the molecule is CC1(CC(=O)O)CC(c2cccc(Cl)c2)C(c2ccc(Cl)cc2)N(CCC2CC2S(=O)(=O)N2CCC2)C1=O. The highest BCUT2D eigenvalue weighted by Gasteiger charge is 2.53. The van der Waals surface area contributed by atoms with Crippen LogP contribution in [0.3, 0.4) is 0 Å². The Morgan fingerprint density at radius 3 is 2.39 bits per heavy atom. The first-order chi connectivity index (χ1) is 18.0. The number of hydrogen-bond acceptors (Lipinski definition) is 4. The van der Waals surface area contributed by atoms with Crippen LogP contribution in [0.25, 0.3) is 0 Å². The number of carbonyl (C=O) groups is 2. The zero-order valence-corrected chi connectivity index (χ0v) is 23.6. The maximum atomic E-state index is 14.0. The van der Waals surface area contributed by atoms with Gasteiger partial charge in [-0.1, -0.05) is 54.4 Å². The summed E-state index contributed by atoms with van der Waals surface area (Å²) in [6.45, 7) is 3.24. The fraction of sp³-hybridized carbons (Fsp3) is 0.500. The monoisotopic (exact) mass is 578 g/mol. The summed E-state index contributed by atoms with van der Waals surface area (Å²) >= 11 is 12.5. The van der Waals surface area contributed by atoms with Crippen molar-refractivity contribution in [3.8, 4) is 0 Å². The van der Waals surface area contributed by atoms with E-state index in [2.05, 4.69) is 0 Å². The van der Waals surface area contributed by atoms with Crippen molar-refractivity contribution in [1.82, 2.24) is 9.21 Å². The number of carboxylic acid groups (broad SMARTS) is 1. The van der Waals surface area contributed by atoms with Crippen LogP contribution < -0.4 is 0 Å². The number of likely N-dealkylation sites (tertiary alicyclic amines) is 1. The molecule has 2 aromatic carbocycles. The summed E-state index contributed by atoms with van der Waals surface area (Å²) in [4.78, 5) is 27.7. The summed E-state index contributed by atoms with van der Waals surface area (Å²) in [5, 5.41) is 10.5. The van der Waals surface area contributed by atoms with Crippen molar-refractivity contribution in [1.29, 1.82) is 0 Å². The summed E-state index contributed by atoms with van der Waals surface area (Å²) < 4.78 is 27.3. The third-order valence-corrected chi connectivity index (χ3v) is 11.3. The lowest BCUT2D eigenvalue weighted by atomic mass is 9.67. The minimum Gasteiger partial charge on any atom is -0.481 e. The second-order valence-corrected chi connectivity index (χ2v) is 14.1. The van der Waals surface area contributed by atoms with Crippen LogP contribution in [0.5, 0.6) is 0 Å². The Hall–Kier alpha value is -2.13. The molecule has 2 aliphatic heterocycles. The summed E-state index contributed by atoms with van der Waals surface area (Å²) in [6.07, 6.45) is 2.09. The van der Waals surface area contributed by atoms with Gasteiger partial charge in [-0.3, -0.25) is 9.59 Å². The number of piperidine rings is 1. The molecule has 1 amide bonds. The van der Waals surface area contributed by atoms with Gasteiger partial charge in [0.05, 0.1) is 23.1 Å². The van der Waals surface area contributed by atoms with Gasteiger partial charge in [-0.05, 0) is 67.0 Å². The number of benzene rings is 2. The van der Waals surface area contributed by atoms with Crippen LogP contribution in [0.15, 0.2) is 48.5 Å². The molecule has 38 heavy (non-hydrogen) atoms. The van der Waals surface area contributed by atoms with Gasteiger partial charge in [0, 0.05) is 35.6 Å². The van der Waals surface area contributed by atoms with Gasteiger partial charge in [0.1, 0.15) is 0 Å². The molecule has 0 spiro atoms. The van der Waals surface area contributed by atoms with Crippen LogP contribution in [-0.2, 0) is 19.6 Å². The van der Waals surface area contributed by atoms with E-state index in [9.17, 15) is 23.1 Å². The lowest BCUT2D eigenvalue weighted by Gasteiger charge is -2.49. The van der Waals surface area contributed by atoms with E-state index in [1.165, 1.54) is 0 Å². The van der Waals surface area contributed by atoms with E-state index in [0.717, 1.165) is 17.5 Å². The Labute approximate surface area is 233 Å². The number of carbonyl (C=O) groups excluding carboxylic acids is 1. The molecular weight excluding hydrogens is 547 g/mol. The van der Waals surface area contributed by atoms with Crippen LogP contribution in [-0.4, -0.2) is 59.5 Å². The molecule has 5 atom stereocenters. The summed E-state index contributed by atoms with van der Waals surface area (Å²) in [7, 11) is -3.29. The molecule has 1 saturated carbocycles. The highest BCUT2D eigenvalue weighted by molar-refractivity contribution is 7.90. The molecule has 204 valence electrons. The predicted molar refractivity (Wildman–Crippen MR) is 147 cm³/mol. The maximum absolute atomic E-state index is 14.0. The summed E-state index contributed by atoms with van der Waals surface area (Å²) in [5.74, 6) is -1.48. The largest absolute Gasteiger partial charge is 0.481 e. The molecular formula is C28H32Cl2N2O5S. The maximum Gasteiger partial charge on any atom is 0.304 e. The summed E-state index contributed by atoms with van der Waals surface area (Å²) in [5.41, 5.74) is 0.705. The van der Waals surface area contributed by atoms with E-state index in [1.54, 1.807) is 34.3 Å². The molecule has 0 bridgehead atoms. The minimum absolute atomic E-state index is 0.0171. The number of sulfonamides is 1. The van der Waals surface area contributed by atoms with Crippen molar-refractivity contribution in [2.24, 2.45) is 11.3 Å². The number of aliphatic carboxylic acids is 1. The molecule has 7 nitrogen and oxygen atoms in total. The van der Waals surface area contributed by atoms with E-state index in [-0.39, 0.29) is 30.2 Å². The van der Waals surface area contributed by atoms with Gasteiger partial charge in [0.25, 0.3) is 0 Å². The highest BCUT2D eigenvalue weighted by Crippen LogP contribution is 2.52. The number of halogens is 2. The minimum atomic E-state index is -3.29. The van der Waals surface area contributed by atoms with Crippen molar-refractivity contribution in [2.75, 3.05) is 19.6 Å². The fourth-order valence-electron chi connectivity index (χ4n) is 6.13. The summed E-state index contributed by atoms with van der Waals surface area (Å²) in [6, 6.07) is 14.5. The number of rotatable bonds is 9. The Kier molecular flexibility index (Phi) is 7.55. The van der Waals surface area contributed by atoms with Gasteiger partial charge in [0.2, 0.25) is 15.9 Å². The van der Waals surface area contributed by atoms with E-state index in [4.69, 9.17) is 23.2 Å². The van der Waals surface area contributed by atoms with E-state index in [0.29, 0.717) is 48.9 Å². The topological polar surface area (TPSA) is 95.0 Å². The fourth-order valence-corrected chi connectivity index (χ4v) is 8.72. The van der Waals surface area contributed by atoms with E-state index >= 15 is 0 Å². The van der Waals surface area contributed by atoms with Crippen molar-refractivity contribution in [3.63, 3.8) is 0 Å². The molecule has 3 fully saturated rings. The van der Waals surface area contributed by atoms with Gasteiger partial charge < -0.3 is 10.0 Å². The van der Waals surface area contributed by atoms with Crippen molar-refractivity contribution in [2.45, 2.75) is 56.2 Å². The molecule has 1 N–H and O–H groups in total. The third kappa shape index (κ3) is 5.33. The Balaban J connectivity index is 1.49. The predicted octanol–water partition coefficient (Wildman–Crippen LogP) is 5.35. The molecule has 2 aromatic rings. The second-order valence-electron chi connectivity index (χ2n) is 11.1. The zero-order valence-electron chi connectivity index (χ0n) is 21.2. The quantitative estimate of drug-likeness (QED) is 0.433. The van der Waals surface area contributed by atoms with Gasteiger partial charge in [-0.15, -0.1) is 0 Å². The van der Waals surface area contributed by atoms with E-state index < -0.39 is 26.7 Å². The molecule has 0 aromatic heterocycles. The molecule has 5 unspecified atom stereocenters. The van der Waals surface area contributed by atoms with Crippen LogP contribution in [0.1, 0.15) is 62.1 Å². The third-order valence-electron chi connectivity index (χ3n) is 8.35. The van der Waals surface area contributed by atoms with Gasteiger partial charge in [-0.25, -0.2) is 12.7 Å². The van der Waals surface area contributed by atoms with Crippen molar-refractivity contribution >= 4 is 45.1 Å². The number of amides is 1. The molecule has 0 radical (unpaired) electrons. The standard InChI is InChI=1S/C28H32Cl2N2O5S/c1-28(17-25(33)34)16-23(19-4-2-5-22(30)14-19)26(18-6-8-21(29)9-7-18)32(27(28)35)13-10-20-15-24(20)38(36,37)31-11-3-12-31/h2,4-9,14,20,23-24,26H,3,10-13,15-17H2,1H3,(H,33,34). The molecule has 2 saturated heterocycles. The molecule has 10 heteroatoms. The zero-order chi connectivity index (χ0) is 27.2. The molecule has 3 aliphatic rings. The lowest BCUT2D eigenvalue weighted by Crippen LogP contribution is -2.53. The van der Waals surface area contributed by atoms with Crippen LogP contribution >= 0.6 is 23.2 Å². The Bertz CT molecular complexity index is 1330. The number of nitrogens with zero attached hydrogens (tertiary/aromatic N) is 2. The number of hydrogen-bond donors (Lipinski definition) is 1. The lowest BCUT2D eigenvalue weighted by molar-refractivity contribution is -0.157. The number of carboxylic acids is 1. The molecule has 1 aliphatic carbocycles. The normalized spacial score (nSPS) is 29.7. The Morgan fingerprint density at radius 2 is 1.79 bits per heavy atom. The van der Waals surface area contributed by atoms with Gasteiger partial charge in [0.15, 0.2) is 0 Å². The van der Waals surface area contributed by atoms with Crippen LogP contribution in [0, 0.1) is 11.3 Å². The molecule has 5 rings (SSSR count). The Morgan fingerprint density at radius 1 is 1.08 bits per heavy atom. The first-order valence-corrected chi connectivity index (χ1v) is 15.3. The smallest absolute Gasteiger partial charge is 0.304 e. The van der Waals surface area contributed by atoms with E-state index in [1.807, 2.05) is 30.3 Å². The van der Waals surface area contributed by atoms with Crippen molar-refractivity contribution in [3.05, 3.63) is 69.7 Å². The first kappa shape index (κ1) is 27.4. The van der Waals surface area contributed by atoms with Gasteiger partial charge in [-0.2, -0.15) is 0 Å². The van der Waals surface area contributed by atoms with Crippen molar-refractivity contribution < 1.29 is 23.1 Å². The first-order valence-electron chi connectivity index (χ1n) is 13.0. The second kappa shape index (κ2) is 10.5. The van der Waals surface area contributed by atoms with Crippen LogP contribution in [0.4, 0.5) is 0 Å². The van der Waals surface area contributed by atoms with Gasteiger partial charge >= 0.3 is 5.97 Å². The van der Waals surface area contributed by atoms with Crippen LogP contribution in [0.2, 0.25) is 10.0 Å².